The van der Waals surface area contributed by atoms with Gasteiger partial charge >= 0.3 is 0 Å². The first kappa shape index (κ1) is 11.6. The zero-order chi connectivity index (χ0) is 13.2. The fourth-order valence-corrected chi connectivity index (χ4v) is 2.08. The molecule has 0 fully saturated rings. The molecule has 3 aromatic rings. The van der Waals surface area contributed by atoms with E-state index in [1.54, 1.807) is 6.20 Å². The van der Waals surface area contributed by atoms with Crippen molar-refractivity contribution in [2.45, 2.75) is 6.92 Å². The summed E-state index contributed by atoms with van der Waals surface area (Å²) in [4.78, 5) is 8.99. The van der Waals surface area contributed by atoms with Crippen molar-refractivity contribution in [2.75, 3.05) is 0 Å². The highest BCUT2D eigenvalue weighted by atomic mass is 15.3. The predicted octanol–water partition coefficient (Wildman–Crippen LogP) is 2.85. The van der Waals surface area contributed by atoms with E-state index in [1.807, 2.05) is 61.1 Å². The van der Waals surface area contributed by atoms with Crippen LogP contribution in [0, 0.1) is 6.92 Å². The molecule has 0 unspecified atom stereocenters. The Kier molecular flexibility index (Phi) is 2.83. The molecule has 3 aromatic heterocycles. The van der Waals surface area contributed by atoms with Crippen molar-refractivity contribution >= 4 is 0 Å². The van der Waals surface area contributed by atoms with Crippen LogP contribution in [-0.4, -0.2) is 19.7 Å². The maximum atomic E-state index is 4.66. The third kappa shape index (κ3) is 2.25. The van der Waals surface area contributed by atoms with Crippen molar-refractivity contribution in [1.82, 2.24) is 19.7 Å². The van der Waals surface area contributed by atoms with E-state index in [4.69, 9.17) is 0 Å². The van der Waals surface area contributed by atoms with Crippen LogP contribution in [0.5, 0.6) is 0 Å². The highest BCUT2D eigenvalue weighted by Gasteiger charge is 2.08. The smallest absolute Gasteiger partial charge is 0.0894 e. The summed E-state index contributed by atoms with van der Waals surface area (Å²) in [7, 11) is 1.93. The lowest BCUT2D eigenvalue weighted by molar-refractivity contribution is 0.762. The molecule has 4 heteroatoms. The molecule has 3 heterocycles. The van der Waals surface area contributed by atoms with Gasteiger partial charge in [-0.05, 0) is 37.3 Å². The fraction of sp³-hybridized carbons (Fsp3) is 0.133. The molecule has 0 bridgehead atoms. The Morgan fingerprint density at radius 1 is 0.947 bits per heavy atom. The van der Waals surface area contributed by atoms with Crippen molar-refractivity contribution in [3.63, 3.8) is 0 Å². The van der Waals surface area contributed by atoms with Gasteiger partial charge in [0.2, 0.25) is 0 Å². The molecule has 0 aliphatic carbocycles. The Balaban J connectivity index is 2.08. The molecule has 3 rings (SSSR count). The topological polar surface area (TPSA) is 43.6 Å². The van der Waals surface area contributed by atoms with Crippen molar-refractivity contribution in [2.24, 2.45) is 7.05 Å². The normalized spacial score (nSPS) is 10.6. The molecule has 0 atom stereocenters. The van der Waals surface area contributed by atoms with Gasteiger partial charge < -0.3 is 0 Å². The maximum Gasteiger partial charge on any atom is 0.0894 e. The van der Waals surface area contributed by atoms with E-state index < -0.39 is 0 Å². The van der Waals surface area contributed by atoms with Gasteiger partial charge in [-0.2, -0.15) is 5.10 Å². The summed E-state index contributed by atoms with van der Waals surface area (Å²) in [6.45, 7) is 1.98. The van der Waals surface area contributed by atoms with Crippen LogP contribution >= 0.6 is 0 Å². The molecule has 19 heavy (non-hydrogen) atoms. The van der Waals surface area contributed by atoms with Crippen LogP contribution in [0.1, 0.15) is 5.69 Å². The monoisotopic (exact) mass is 250 g/mol. The first-order valence-electron chi connectivity index (χ1n) is 6.13. The number of aromatic nitrogens is 4. The van der Waals surface area contributed by atoms with Crippen LogP contribution in [0.3, 0.4) is 0 Å². The van der Waals surface area contributed by atoms with Crippen LogP contribution in [0.15, 0.2) is 48.7 Å². The fourth-order valence-electron chi connectivity index (χ4n) is 2.08. The number of nitrogens with zero attached hydrogens (tertiary/aromatic N) is 4. The lowest BCUT2D eigenvalue weighted by Gasteiger charge is -2.04. The average molecular weight is 250 g/mol. The predicted molar refractivity (Wildman–Crippen MR) is 74.4 cm³/mol. The number of aryl methyl sites for hydroxylation is 2. The summed E-state index contributed by atoms with van der Waals surface area (Å²) in [5.74, 6) is 0. The zero-order valence-electron chi connectivity index (χ0n) is 10.9. The van der Waals surface area contributed by atoms with Crippen molar-refractivity contribution in [3.8, 4) is 22.8 Å². The second kappa shape index (κ2) is 4.65. The summed E-state index contributed by atoms with van der Waals surface area (Å²) in [6, 6.07) is 13.8. The molecule has 0 spiro atoms. The molecule has 0 aliphatic heterocycles. The highest BCUT2D eigenvalue weighted by molar-refractivity contribution is 5.61. The highest BCUT2D eigenvalue weighted by Crippen LogP contribution is 2.21. The molecular weight excluding hydrogens is 236 g/mol. The van der Waals surface area contributed by atoms with E-state index in [9.17, 15) is 0 Å². The van der Waals surface area contributed by atoms with Gasteiger partial charge in [-0.25, -0.2) is 4.98 Å². The summed E-state index contributed by atoms with van der Waals surface area (Å²) >= 11 is 0. The molecule has 94 valence electrons. The van der Waals surface area contributed by atoms with Gasteiger partial charge in [-0.1, -0.05) is 12.1 Å². The van der Waals surface area contributed by atoms with Gasteiger partial charge in [-0.15, -0.1) is 0 Å². The second-order valence-corrected chi connectivity index (χ2v) is 4.42. The number of hydrogen-bond acceptors (Lipinski definition) is 3. The van der Waals surface area contributed by atoms with Gasteiger partial charge in [0.05, 0.1) is 28.5 Å². The van der Waals surface area contributed by atoms with Crippen LogP contribution < -0.4 is 0 Å². The minimum Gasteiger partial charge on any atom is -0.266 e. The van der Waals surface area contributed by atoms with E-state index in [0.29, 0.717) is 0 Å². The van der Waals surface area contributed by atoms with Gasteiger partial charge in [0.1, 0.15) is 0 Å². The minimum absolute atomic E-state index is 0.872. The lowest BCUT2D eigenvalue weighted by Crippen LogP contribution is -1.96. The molecule has 4 nitrogen and oxygen atoms in total. The van der Waals surface area contributed by atoms with Crippen LogP contribution in [-0.2, 0) is 7.05 Å². The number of pyridine rings is 2. The Morgan fingerprint density at radius 2 is 1.74 bits per heavy atom. The Labute approximate surface area is 111 Å². The zero-order valence-corrected chi connectivity index (χ0v) is 10.9. The number of rotatable bonds is 2. The van der Waals surface area contributed by atoms with Gasteiger partial charge in [0.25, 0.3) is 0 Å². The summed E-state index contributed by atoms with van der Waals surface area (Å²) in [5, 5.41) is 4.35. The third-order valence-corrected chi connectivity index (χ3v) is 2.94. The minimum atomic E-state index is 0.872. The molecule has 0 amide bonds. The van der Waals surface area contributed by atoms with E-state index in [-0.39, 0.29) is 0 Å². The quantitative estimate of drug-likeness (QED) is 0.702. The van der Waals surface area contributed by atoms with Crippen molar-refractivity contribution < 1.29 is 0 Å². The SMILES string of the molecule is Cc1cc(-c2cccc(-c3ccccn3)n2)n(C)n1. The maximum absolute atomic E-state index is 4.66. The van der Waals surface area contributed by atoms with Crippen molar-refractivity contribution in [3.05, 3.63) is 54.4 Å². The molecule has 0 N–H and O–H groups in total. The van der Waals surface area contributed by atoms with E-state index in [2.05, 4.69) is 15.1 Å². The van der Waals surface area contributed by atoms with Crippen molar-refractivity contribution in [1.29, 1.82) is 0 Å². The van der Waals surface area contributed by atoms with Crippen LogP contribution in [0.25, 0.3) is 22.8 Å². The van der Waals surface area contributed by atoms with E-state index in [1.165, 1.54) is 0 Å². The number of hydrogen-bond donors (Lipinski definition) is 0. The molecular formula is C15H14N4. The summed E-state index contributed by atoms with van der Waals surface area (Å²) < 4.78 is 1.85. The Morgan fingerprint density at radius 3 is 2.42 bits per heavy atom. The van der Waals surface area contributed by atoms with Gasteiger partial charge in [-0.3, -0.25) is 9.67 Å². The van der Waals surface area contributed by atoms with Crippen LogP contribution in [0.4, 0.5) is 0 Å². The first-order chi connectivity index (χ1) is 9.24. The van der Waals surface area contributed by atoms with Gasteiger partial charge in [0.15, 0.2) is 0 Å². The molecule has 0 radical (unpaired) electrons. The molecule has 0 aromatic carbocycles. The first-order valence-corrected chi connectivity index (χ1v) is 6.13. The van der Waals surface area contributed by atoms with Crippen LogP contribution in [0.2, 0.25) is 0 Å². The lowest BCUT2D eigenvalue weighted by atomic mass is 10.2. The largest absolute Gasteiger partial charge is 0.266 e. The summed E-state index contributed by atoms with van der Waals surface area (Å²) in [5.41, 5.74) is 4.66. The second-order valence-electron chi connectivity index (χ2n) is 4.42. The average Bonchev–Trinajstić information content (AvgIpc) is 2.79. The third-order valence-electron chi connectivity index (χ3n) is 2.94. The molecule has 0 saturated carbocycles. The molecule has 0 saturated heterocycles. The van der Waals surface area contributed by atoms with E-state index >= 15 is 0 Å². The standard InChI is InChI=1S/C15H14N4/c1-11-10-15(19(2)18-11)14-8-5-7-13(17-14)12-6-3-4-9-16-12/h3-10H,1-2H3. The van der Waals surface area contributed by atoms with Gasteiger partial charge in [0, 0.05) is 13.2 Å². The Hall–Kier alpha value is -2.49. The van der Waals surface area contributed by atoms with E-state index in [0.717, 1.165) is 28.5 Å². The molecule has 0 aliphatic rings. The summed E-state index contributed by atoms with van der Waals surface area (Å²) in [6.07, 6.45) is 1.78. The Bertz CT molecular complexity index is 701.